The smallest absolute Gasteiger partial charge is 0.243 e. The van der Waals surface area contributed by atoms with E-state index in [1.165, 1.54) is 0 Å². The lowest BCUT2D eigenvalue weighted by atomic mass is 10.1. The van der Waals surface area contributed by atoms with Crippen molar-refractivity contribution >= 4 is 52.1 Å². The zero-order chi connectivity index (χ0) is 21.3. The number of amides is 2. The Hall–Kier alpha value is -3.02. The molecule has 0 heterocycles. The predicted molar refractivity (Wildman–Crippen MR) is 123 cm³/mol. The topological polar surface area (TPSA) is 70.2 Å². The van der Waals surface area contributed by atoms with Crippen LogP contribution in [0.5, 0.6) is 0 Å². The fourth-order valence-corrected chi connectivity index (χ4v) is 3.25. The molecule has 0 atom stereocenters. The van der Waals surface area contributed by atoms with Crippen LogP contribution in [0.3, 0.4) is 0 Å². The number of hydrogen-bond acceptors (Lipinski definition) is 3. The molecule has 7 heteroatoms. The lowest BCUT2D eigenvalue weighted by Crippen LogP contribution is -2.21. The molecule has 0 radical (unpaired) electrons. The third-order valence-corrected chi connectivity index (χ3v) is 4.85. The Kier molecular flexibility index (Phi) is 7.71. The van der Waals surface area contributed by atoms with Gasteiger partial charge in [0.15, 0.2) is 0 Å². The van der Waals surface area contributed by atoms with Crippen LogP contribution in [0, 0.1) is 0 Å². The van der Waals surface area contributed by atoms with E-state index in [2.05, 4.69) is 16.0 Å². The van der Waals surface area contributed by atoms with E-state index < -0.39 is 0 Å². The molecule has 154 valence electrons. The monoisotopic (exact) mass is 441 g/mol. The molecule has 30 heavy (non-hydrogen) atoms. The van der Waals surface area contributed by atoms with E-state index in [0.717, 1.165) is 5.56 Å². The van der Waals surface area contributed by atoms with E-state index in [9.17, 15) is 9.59 Å². The maximum Gasteiger partial charge on any atom is 0.243 e. The Bertz CT molecular complexity index is 1010. The molecule has 3 aromatic rings. The van der Waals surface area contributed by atoms with E-state index in [1.54, 1.807) is 42.5 Å². The van der Waals surface area contributed by atoms with Crippen molar-refractivity contribution in [2.75, 3.05) is 22.5 Å². The SMILES string of the molecule is O=C(CCc1ccccc1)Nc1ccc(NC(=O)CNc2ccc(Cl)cc2Cl)cc1. The average molecular weight is 442 g/mol. The van der Waals surface area contributed by atoms with Gasteiger partial charge in [-0.3, -0.25) is 9.59 Å². The Balaban J connectivity index is 1.44. The van der Waals surface area contributed by atoms with E-state index in [0.29, 0.717) is 39.9 Å². The summed E-state index contributed by atoms with van der Waals surface area (Å²) in [6.07, 6.45) is 1.09. The molecule has 0 spiro atoms. The van der Waals surface area contributed by atoms with Gasteiger partial charge in [0, 0.05) is 22.8 Å². The molecule has 3 aromatic carbocycles. The van der Waals surface area contributed by atoms with Gasteiger partial charge in [0.05, 0.1) is 17.3 Å². The maximum atomic E-state index is 12.1. The molecular weight excluding hydrogens is 421 g/mol. The number of anilines is 3. The van der Waals surface area contributed by atoms with Gasteiger partial charge < -0.3 is 16.0 Å². The quantitative estimate of drug-likeness (QED) is 0.424. The molecule has 3 rings (SSSR count). The largest absolute Gasteiger partial charge is 0.375 e. The van der Waals surface area contributed by atoms with Crippen molar-refractivity contribution in [3.63, 3.8) is 0 Å². The van der Waals surface area contributed by atoms with Gasteiger partial charge in [-0.15, -0.1) is 0 Å². The lowest BCUT2D eigenvalue weighted by molar-refractivity contribution is -0.116. The molecule has 0 aliphatic carbocycles. The number of benzene rings is 3. The number of aryl methyl sites for hydroxylation is 1. The number of nitrogens with one attached hydrogen (secondary N) is 3. The van der Waals surface area contributed by atoms with Gasteiger partial charge in [0.25, 0.3) is 0 Å². The zero-order valence-electron chi connectivity index (χ0n) is 16.1. The standard InChI is InChI=1S/C23H21Cl2N3O2/c24-17-7-12-21(20(25)14-17)26-15-23(30)28-19-10-8-18(9-11-19)27-22(29)13-6-16-4-2-1-3-5-16/h1-5,7-12,14,26H,6,13,15H2,(H,27,29)(H,28,30). The molecule has 0 unspecified atom stereocenters. The summed E-state index contributed by atoms with van der Waals surface area (Å²) in [5.41, 5.74) is 3.06. The highest BCUT2D eigenvalue weighted by Gasteiger charge is 2.07. The van der Waals surface area contributed by atoms with Gasteiger partial charge in [0.1, 0.15) is 0 Å². The summed E-state index contributed by atoms with van der Waals surface area (Å²) in [7, 11) is 0. The zero-order valence-corrected chi connectivity index (χ0v) is 17.6. The molecule has 0 aliphatic rings. The second-order valence-corrected chi connectivity index (χ2v) is 7.48. The van der Waals surface area contributed by atoms with Crippen LogP contribution in [0.15, 0.2) is 72.8 Å². The highest BCUT2D eigenvalue weighted by molar-refractivity contribution is 6.36. The molecule has 0 aliphatic heterocycles. The normalized spacial score (nSPS) is 10.3. The van der Waals surface area contributed by atoms with Crippen molar-refractivity contribution in [2.24, 2.45) is 0 Å². The van der Waals surface area contributed by atoms with Crippen LogP contribution < -0.4 is 16.0 Å². The van der Waals surface area contributed by atoms with E-state index in [-0.39, 0.29) is 18.4 Å². The number of halogens is 2. The number of carbonyl (C=O) groups is 2. The fourth-order valence-electron chi connectivity index (χ4n) is 2.78. The highest BCUT2D eigenvalue weighted by Crippen LogP contribution is 2.25. The Labute approximate surface area is 185 Å². The molecule has 2 amide bonds. The van der Waals surface area contributed by atoms with Crippen LogP contribution in [0.4, 0.5) is 17.1 Å². The first-order valence-electron chi connectivity index (χ1n) is 9.42. The van der Waals surface area contributed by atoms with Crippen molar-refractivity contribution in [1.29, 1.82) is 0 Å². The average Bonchev–Trinajstić information content (AvgIpc) is 2.74. The van der Waals surface area contributed by atoms with Gasteiger partial charge in [-0.1, -0.05) is 53.5 Å². The fraction of sp³-hybridized carbons (Fsp3) is 0.130. The first kappa shape index (κ1) is 21.7. The number of rotatable bonds is 8. The van der Waals surface area contributed by atoms with E-state index in [1.807, 2.05) is 30.3 Å². The summed E-state index contributed by atoms with van der Waals surface area (Å²) in [5.74, 6) is -0.277. The lowest BCUT2D eigenvalue weighted by Gasteiger charge is -2.10. The van der Waals surface area contributed by atoms with Crippen molar-refractivity contribution in [3.05, 3.63) is 88.4 Å². The van der Waals surface area contributed by atoms with Gasteiger partial charge in [0.2, 0.25) is 11.8 Å². The number of carbonyl (C=O) groups excluding carboxylic acids is 2. The minimum atomic E-state index is -0.222. The minimum Gasteiger partial charge on any atom is -0.375 e. The molecule has 0 fully saturated rings. The van der Waals surface area contributed by atoms with Crippen LogP contribution >= 0.6 is 23.2 Å². The predicted octanol–water partition coefficient (Wildman–Crippen LogP) is 5.62. The molecule has 0 saturated carbocycles. The minimum absolute atomic E-state index is 0.0549. The Morgan fingerprint density at radius 2 is 1.40 bits per heavy atom. The summed E-state index contributed by atoms with van der Waals surface area (Å²) in [4.78, 5) is 24.2. The molecular formula is C23H21Cl2N3O2. The van der Waals surface area contributed by atoms with Crippen molar-refractivity contribution < 1.29 is 9.59 Å². The van der Waals surface area contributed by atoms with Crippen LogP contribution in [0.25, 0.3) is 0 Å². The Morgan fingerprint density at radius 3 is 2.03 bits per heavy atom. The summed E-state index contributed by atoms with van der Waals surface area (Å²) >= 11 is 11.9. The maximum absolute atomic E-state index is 12.1. The van der Waals surface area contributed by atoms with Gasteiger partial charge in [-0.05, 0) is 54.4 Å². The third kappa shape index (κ3) is 6.79. The highest BCUT2D eigenvalue weighted by atomic mass is 35.5. The molecule has 3 N–H and O–H groups in total. The van der Waals surface area contributed by atoms with Crippen LogP contribution in [-0.2, 0) is 16.0 Å². The second kappa shape index (κ2) is 10.7. The van der Waals surface area contributed by atoms with Crippen LogP contribution in [0.1, 0.15) is 12.0 Å². The summed E-state index contributed by atoms with van der Waals surface area (Å²) < 4.78 is 0. The van der Waals surface area contributed by atoms with E-state index >= 15 is 0 Å². The molecule has 0 bridgehead atoms. The van der Waals surface area contributed by atoms with Crippen LogP contribution in [-0.4, -0.2) is 18.4 Å². The van der Waals surface area contributed by atoms with Gasteiger partial charge in [-0.25, -0.2) is 0 Å². The van der Waals surface area contributed by atoms with Crippen molar-refractivity contribution in [1.82, 2.24) is 0 Å². The van der Waals surface area contributed by atoms with E-state index in [4.69, 9.17) is 23.2 Å². The van der Waals surface area contributed by atoms with Gasteiger partial charge >= 0.3 is 0 Å². The molecule has 0 aromatic heterocycles. The second-order valence-electron chi connectivity index (χ2n) is 6.64. The summed E-state index contributed by atoms with van der Waals surface area (Å²) in [6, 6.07) is 21.9. The third-order valence-electron chi connectivity index (χ3n) is 4.31. The van der Waals surface area contributed by atoms with Crippen molar-refractivity contribution in [2.45, 2.75) is 12.8 Å². The van der Waals surface area contributed by atoms with Gasteiger partial charge in [-0.2, -0.15) is 0 Å². The summed E-state index contributed by atoms with van der Waals surface area (Å²) in [5, 5.41) is 9.59. The molecule has 0 saturated heterocycles. The van der Waals surface area contributed by atoms with Crippen LogP contribution in [0.2, 0.25) is 10.0 Å². The first-order chi connectivity index (χ1) is 14.5. The van der Waals surface area contributed by atoms with Crippen molar-refractivity contribution in [3.8, 4) is 0 Å². The molecule has 5 nitrogen and oxygen atoms in total. The first-order valence-corrected chi connectivity index (χ1v) is 10.2. The Morgan fingerprint density at radius 1 is 0.767 bits per heavy atom. The number of hydrogen-bond donors (Lipinski definition) is 3. The summed E-state index contributed by atoms with van der Waals surface area (Å²) in [6.45, 7) is 0.0549.